The summed E-state index contributed by atoms with van der Waals surface area (Å²) in [6.45, 7) is 9.69. The van der Waals surface area contributed by atoms with Gasteiger partial charge in [0.2, 0.25) is 0 Å². The fourth-order valence-electron chi connectivity index (χ4n) is 2.69. The van der Waals surface area contributed by atoms with Crippen LogP contribution in [-0.2, 0) is 0 Å². The van der Waals surface area contributed by atoms with Gasteiger partial charge in [0.25, 0.3) is 0 Å². The quantitative estimate of drug-likeness (QED) is 0.674. The molecule has 1 rings (SSSR count). The van der Waals surface area contributed by atoms with Gasteiger partial charge in [-0.1, -0.05) is 31.8 Å². The van der Waals surface area contributed by atoms with Crippen molar-refractivity contribution in [2.24, 2.45) is 0 Å². The Morgan fingerprint density at radius 1 is 1.27 bits per heavy atom. The minimum atomic E-state index is 0.435. The van der Waals surface area contributed by atoms with E-state index >= 15 is 0 Å². The largest absolute Gasteiger partial charge is 0.311 e. The number of nitrogens with one attached hydrogen (secondary N) is 1. The van der Waals surface area contributed by atoms with Gasteiger partial charge in [-0.2, -0.15) is 0 Å². The van der Waals surface area contributed by atoms with E-state index in [1.807, 2.05) is 0 Å². The molecule has 0 bridgehead atoms. The minimum absolute atomic E-state index is 0.435. The molecule has 1 atom stereocenters. The number of allylic oxidation sites excluding steroid dienone is 1. The highest BCUT2D eigenvalue weighted by Crippen LogP contribution is 2.29. The van der Waals surface area contributed by atoms with E-state index in [2.05, 4.69) is 25.7 Å². The van der Waals surface area contributed by atoms with Gasteiger partial charge in [-0.05, 0) is 45.6 Å². The molecule has 1 fully saturated rings. The molecule has 88 valence electrons. The first-order valence-corrected chi connectivity index (χ1v) is 6.58. The standard InChI is InChI=1S/C14H27N/c1-4-9-14(11-8-13(2)3)10-6-5-7-12-15-14/h15H,2,4-12H2,1,3H3. The van der Waals surface area contributed by atoms with Crippen LogP contribution in [0.1, 0.15) is 65.2 Å². The van der Waals surface area contributed by atoms with Gasteiger partial charge in [0.1, 0.15) is 0 Å². The second-order valence-electron chi connectivity index (χ2n) is 5.22. The lowest BCUT2D eigenvalue weighted by Crippen LogP contribution is -2.44. The van der Waals surface area contributed by atoms with Gasteiger partial charge in [-0.3, -0.25) is 0 Å². The van der Waals surface area contributed by atoms with Crippen LogP contribution < -0.4 is 5.32 Å². The van der Waals surface area contributed by atoms with Gasteiger partial charge in [0.15, 0.2) is 0 Å². The molecule has 1 aliphatic rings. The summed E-state index contributed by atoms with van der Waals surface area (Å²) in [5.41, 5.74) is 1.76. The average molecular weight is 209 g/mol. The van der Waals surface area contributed by atoms with Gasteiger partial charge in [0.05, 0.1) is 0 Å². The zero-order valence-corrected chi connectivity index (χ0v) is 10.6. The van der Waals surface area contributed by atoms with E-state index in [1.54, 1.807) is 0 Å². The Bertz CT molecular complexity index is 188. The Balaban J connectivity index is 2.53. The average Bonchev–Trinajstić information content (AvgIpc) is 2.42. The summed E-state index contributed by atoms with van der Waals surface area (Å²) in [5, 5.41) is 3.81. The molecule has 15 heavy (non-hydrogen) atoms. The summed E-state index contributed by atoms with van der Waals surface area (Å²) in [5.74, 6) is 0. The third kappa shape index (κ3) is 4.38. The summed E-state index contributed by atoms with van der Waals surface area (Å²) < 4.78 is 0. The first kappa shape index (κ1) is 12.8. The van der Waals surface area contributed by atoms with Crippen LogP contribution in [-0.4, -0.2) is 12.1 Å². The van der Waals surface area contributed by atoms with Crippen LogP contribution >= 0.6 is 0 Å². The van der Waals surface area contributed by atoms with Crippen LogP contribution in [0.25, 0.3) is 0 Å². The second kappa shape index (κ2) is 6.32. The molecule has 1 heteroatoms. The molecule has 0 saturated carbocycles. The number of hydrogen-bond donors (Lipinski definition) is 1. The highest BCUT2D eigenvalue weighted by Gasteiger charge is 2.28. The summed E-state index contributed by atoms with van der Waals surface area (Å²) in [7, 11) is 0. The lowest BCUT2D eigenvalue weighted by Gasteiger charge is -2.34. The molecule has 1 nitrogen and oxygen atoms in total. The summed E-state index contributed by atoms with van der Waals surface area (Å²) in [6.07, 6.45) is 10.6. The van der Waals surface area contributed by atoms with E-state index in [0.717, 1.165) is 0 Å². The Morgan fingerprint density at radius 2 is 2.07 bits per heavy atom. The lowest BCUT2D eigenvalue weighted by molar-refractivity contribution is 0.270. The molecule has 0 spiro atoms. The van der Waals surface area contributed by atoms with Crippen molar-refractivity contribution in [3.63, 3.8) is 0 Å². The molecular weight excluding hydrogens is 182 g/mol. The first-order valence-electron chi connectivity index (χ1n) is 6.58. The van der Waals surface area contributed by atoms with Gasteiger partial charge < -0.3 is 5.32 Å². The zero-order valence-electron chi connectivity index (χ0n) is 10.6. The maximum absolute atomic E-state index is 4.03. The Labute approximate surface area is 95.3 Å². The predicted molar refractivity (Wildman–Crippen MR) is 68.2 cm³/mol. The van der Waals surface area contributed by atoms with Crippen molar-refractivity contribution in [1.82, 2.24) is 5.32 Å². The molecule has 1 heterocycles. The van der Waals surface area contributed by atoms with Crippen molar-refractivity contribution in [2.75, 3.05) is 6.54 Å². The molecule has 1 saturated heterocycles. The smallest absolute Gasteiger partial charge is 0.0184 e. The van der Waals surface area contributed by atoms with Crippen molar-refractivity contribution < 1.29 is 0 Å². The molecule has 1 N–H and O–H groups in total. The topological polar surface area (TPSA) is 12.0 Å². The van der Waals surface area contributed by atoms with E-state index in [0.29, 0.717) is 5.54 Å². The third-order valence-corrected chi connectivity index (χ3v) is 3.59. The number of hydrogen-bond acceptors (Lipinski definition) is 1. The predicted octanol–water partition coefficient (Wildman–Crippen LogP) is 4.05. The molecular formula is C14H27N. The summed E-state index contributed by atoms with van der Waals surface area (Å²) in [6, 6.07) is 0. The van der Waals surface area contributed by atoms with Gasteiger partial charge >= 0.3 is 0 Å². The van der Waals surface area contributed by atoms with Crippen LogP contribution in [0.4, 0.5) is 0 Å². The van der Waals surface area contributed by atoms with Crippen LogP contribution in [0.15, 0.2) is 12.2 Å². The highest BCUT2D eigenvalue weighted by molar-refractivity contribution is 4.96. The van der Waals surface area contributed by atoms with Crippen LogP contribution in [0.5, 0.6) is 0 Å². The van der Waals surface area contributed by atoms with Gasteiger partial charge in [-0.25, -0.2) is 0 Å². The minimum Gasteiger partial charge on any atom is -0.311 e. The van der Waals surface area contributed by atoms with E-state index in [-0.39, 0.29) is 0 Å². The first-order chi connectivity index (χ1) is 7.18. The zero-order chi connectivity index (χ0) is 11.1. The van der Waals surface area contributed by atoms with Crippen molar-refractivity contribution in [3.8, 4) is 0 Å². The Kier molecular flexibility index (Phi) is 5.38. The molecule has 1 aliphatic heterocycles. The molecule has 0 aromatic heterocycles. The molecule has 0 aliphatic carbocycles. The van der Waals surface area contributed by atoms with Crippen LogP contribution in [0.3, 0.4) is 0 Å². The second-order valence-corrected chi connectivity index (χ2v) is 5.22. The number of rotatable bonds is 5. The fourth-order valence-corrected chi connectivity index (χ4v) is 2.69. The van der Waals surface area contributed by atoms with E-state index < -0.39 is 0 Å². The van der Waals surface area contributed by atoms with E-state index in [9.17, 15) is 0 Å². The lowest BCUT2D eigenvalue weighted by atomic mass is 9.83. The summed E-state index contributed by atoms with van der Waals surface area (Å²) >= 11 is 0. The summed E-state index contributed by atoms with van der Waals surface area (Å²) in [4.78, 5) is 0. The highest BCUT2D eigenvalue weighted by atomic mass is 15.0. The van der Waals surface area contributed by atoms with Crippen LogP contribution in [0, 0.1) is 0 Å². The molecule has 0 aromatic rings. The van der Waals surface area contributed by atoms with Crippen molar-refractivity contribution in [1.29, 1.82) is 0 Å². The molecule has 0 aromatic carbocycles. The van der Waals surface area contributed by atoms with Crippen molar-refractivity contribution in [2.45, 2.75) is 70.8 Å². The van der Waals surface area contributed by atoms with Crippen LogP contribution in [0.2, 0.25) is 0 Å². The normalized spacial score (nSPS) is 27.3. The van der Waals surface area contributed by atoms with E-state index in [1.165, 1.54) is 63.5 Å². The third-order valence-electron chi connectivity index (χ3n) is 3.59. The van der Waals surface area contributed by atoms with E-state index in [4.69, 9.17) is 0 Å². The maximum Gasteiger partial charge on any atom is 0.0184 e. The van der Waals surface area contributed by atoms with Crippen molar-refractivity contribution in [3.05, 3.63) is 12.2 Å². The SMILES string of the molecule is C=C(C)CCC1(CCC)CCCCCN1. The molecule has 1 unspecified atom stereocenters. The van der Waals surface area contributed by atoms with Gasteiger partial charge in [0, 0.05) is 5.54 Å². The Morgan fingerprint density at radius 3 is 2.73 bits per heavy atom. The Hall–Kier alpha value is -0.300. The maximum atomic E-state index is 4.03. The molecule has 0 radical (unpaired) electrons. The monoisotopic (exact) mass is 209 g/mol. The molecule has 0 amide bonds. The van der Waals surface area contributed by atoms with Gasteiger partial charge in [-0.15, -0.1) is 6.58 Å². The van der Waals surface area contributed by atoms with Crippen molar-refractivity contribution >= 4 is 0 Å². The fraction of sp³-hybridized carbons (Fsp3) is 0.857.